The summed E-state index contributed by atoms with van der Waals surface area (Å²) in [6.45, 7) is 0.144. The largest absolute Gasteiger partial charge is 0.382 e. The van der Waals surface area contributed by atoms with Crippen molar-refractivity contribution in [2.75, 3.05) is 18.1 Å². The first-order chi connectivity index (χ1) is 15.0. The molecular formula is C22H25N5O3S. The summed E-state index contributed by atoms with van der Waals surface area (Å²) in [5.41, 5.74) is 7.74. The summed E-state index contributed by atoms with van der Waals surface area (Å²) in [6, 6.07) is 16.1. The number of rotatable bonds is 10. The zero-order valence-corrected chi connectivity index (χ0v) is 18.0. The highest BCUT2D eigenvalue weighted by atomic mass is 32.2. The van der Waals surface area contributed by atoms with Crippen LogP contribution in [0.1, 0.15) is 24.0 Å². The highest BCUT2D eigenvalue weighted by molar-refractivity contribution is 8.03. The number of nitrogens with zero attached hydrogens (tertiary/aromatic N) is 2. The van der Waals surface area contributed by atoms with Gasteiger partial charge in [0, 0.05) is 24.2 Å². The lowest BCUT2D eigenvalue weighted by atomic mass is 10.2. The van der Waals surface area contributed by atoms with Crippen molar-refractivity contribution in [2.45, 2.75) is 12.8 Å². The van der Waals surface area contributed by atoms with Crippen molar-refractivity contribution < 1.29 is 14.4 Å². The molecule has 8 nitrogen and oxygen atoms in total. The second kappa shape index (κ2) is 12.2. The van der Waals surface area contributed by atoms with E-state index in [0.717, 1.165) is 10.5 Å². The van der Waals surface area contributed by atoms with Crippen LogP contribution in [0.2, 0.25) is 0 Å². The molecule has 0 bridgehead atoms. The van der Waals surface area contributed by atoms with Gasteiger partial charge in [-0.2, -0.15) is 5.10 Å². The van der Waals surface area contributed by atoms with Gasteiger partial charge in [-0.05, 0) is 48.6 Å². The number of nitrogens with two attached hydrogens (primary N) is 2. The average molecular weight is 440 g/mol. The van der Waals surface area contributed by atoms with Crippen molar-refractivity contribution in [3.63, 3.8) is 0 Å². The number of carbonyl (C=O) groups is 3. The number of hydrazone groups is 1. The van der Waals surface area contributed by atoms with Crippen LogP contribution in [0.5, 0.6) is 0 Å². The quantitative estimate of drug-likeness (QED) is 0.130. The van der Waals surface area contributed by atoms with Gasteiger partial charge in [-0.3, -0.25) is 19.3 Å². The van der Waals surface area contributed by atoms with Crippen LogP contribution in [0.3, 0.4) is 0 Å². The maximum Gasteiger partial charge on any atom is 0.266 e. The minimum absolute atomic E-state index is 0.144. The topological polar surface area (TPSA) is 131 Å². The van der Waals surface area contributed by atoms with E-state index in [0.29, 0.717) is 29.0 Å². The number of hydrogen-bond acceptors (Lipinski definition) is 6. The molecule has 31 heavy (non-hydrogen) atoms. The number of thioether (sulfide) groups is 1. The van der Waals surface area contributed by atoms with Crippen LogP contribution in [0.25, 0.3) is 6.08 Å². The van der Waals surface area contributed by atoms with Crippen LogP contribution < -0.4 is 16.9 Å². The van der Waals surface area contributed by atoms with Crippen molar-refractivity contribution >= 4 is 47.6 Å². The highest BCUT2D eigenvalue weighted by Crippen LogP contribution is 2.19. The number of hydrogen-bond donors (Lipinski definition) is 3. The van der Waals surface area contributed by atoms with Crippen LogP contribution in [0, 0.1) is 0 Å². The number of amides is 3. The van der Waals surface area contributed by atoms with Gasteiger partial charge in [-0.1, -0.05) is 30.3 Å². The fraction of sp³-hybridized carbons (Fsp3) is 0.182. The molecule has 0 radical (unpaired) electrons. The Balaban J connectivity index is 1.88. The normalized spacial score (nSPS) is 11.6. The minimum Gasteiger partial charge on any atom is -0.382 e. The Hall–Kier alpha value is -3.59. The molecule has 9 heteroatoms. The Bertz CT molecular complexity index is 959. The van der Waals surface area contributed by atoms with Gasteiger partial charge in [0.2, 0.25) is 12.3 Å². The molecule has 162 valence electrons. The van der Waals surface area contributed by atoms with Gasteiger partial charge in [-0.25, -0.2) is 0 Å². The van der Waals surface area contributed by atoms with Crippen LogP contribution >= 0.6 is 11.8 Å². The molecule has 0 aliphatic heterocycles. The highest BCUT2D eigenvalue weighted by Gasteiger charge is 2.17. The second-order valence-electron chi connectivity index (χ2n) is 6.47. The van der Waals surface area contributed by atoms with Gasteiger partial charge in [0.1, 0.15) is 5.84 Å². The van der Waals surface area contributed by atoms with E-state index in [2.05, 4.69) is 10.4 Å². The minimum atomic E-state index is -0.387. The fourth-order valence-electron chi connectivity index (χ4n) is 2.68. The summed E-state index contributed by atoms with van der Waals surface area (Å²) in [6.07, 6.45) is 4.51. The predicted molar refractivity (Wildman–Crippen MR) is 125 cm³/mol. The molecule has 5 N–H and O–H groups in total. The molecule has 0 aromatic heterocycles. The summed E-state index contributed by atoms with van der Waals surface area (Å²) >= 11 is 1.27. The van der Waals surface area contributed by atoms with Gasteiger partial charge in [0.25, 0.3) is 5.91 Å². The van der Waals surface area contributed by atoms with Crippen LogP contribution in [0.4, 0.5) is 5.69 Å². The first kappa shape index (κ1) is 23.7. The molecular weight excluding hydrogens is 414 g/mol. The van der Waals surface area contributed by atoms with Crippen molar-refractivity contribution in [2.24, 2.45) is 16.7 Å². The van der Waals surface area contributed by atoms with Gasteiger partial charge in [0.05, 0.1) is 4.91 Å². The molecule has 0 fully saturated rings. The van der Waals surface area contributed by atoms with E-state index in [4.69, 9.17) is 11.6 Å². The van der Waals surface area contributed by atoms with Gasteiger partial charge in [0.15, 0.2) is 0 Å². The lowest BCUT2D eigenvalue weighted by Crippen LogP contribution is -2.31. The Morgan fingerprint density at radius 2 is 1.81 bits per heavy atom. The van der Waals surface area contributed by atoms with Gasteiger partial charge in [-0.15, -0.1) is 11.8 Å². The summed E-state index contributed by atoms with van der Waals surface area (Å²) in [5, 5.41) is 6.17. The lowest BCUT2D eigenvalue weighted by Gasteiger charge is -2.16. The molecule has 3 amide bonds. The summed E-state index contributed by atoms with van der Waals surface area (Å²) < 4.78 is 0. The van der Waals surface area contributed by atoms with Crippen LogP contribution in [-0.4, -0.2) is 41.8 Å². The number of nitrogens with one attached hydrogen (secondary N) is 1. The third-order valence-corrected chi connectivity index (χ3v) is 5.05. The number of amidine groups is 1. The lowest BCUT2D eigenvalue weighted by molar-refractivity contribution is -0.135. The molecule has 0 aliphatic rings. The third-order valence-electron chi connectivity index (χ3n) is 4.32. The number of benzene rings is 2. The monoisotopic (exact) mass is 439 g/mol. The molecule has 0 unspecified atom stereocenters. The molecule has 2 aromatic rings. The average Bonchev–Trinajstić information content (AvgIpc) is 2.80. The molecule has 0 aliphatic carbocycles. The maximum absolute atomic E-state index is 12.7. The smallest absolute Gasteiger partial charge is 0.266 e. The number of imide groups is 1. The van der Waals surface area contributed by atoms with Gasteiger partial charge < -0.3 is 16.9 Å². The van der Waals surface area contributed by atoms with E-state index < -0.39 is 0 Å². The van der Waals surface area contributed by atoms with Crippen LogP contribution in [-0.2, 0) is 14.4 Å². The molecule has 2 aromatic carbocycles. The molecule has 0 atom stereocenters. The van der Waals surface area contributed by atoms with E-state index >= 15 is 0 Å². The maximum atomic E-state index is 12.7. The van der Waals surface area contributed by atoms with Crippen LogP contribution in [0.15, 0.2) is 64.6 Å². The number of carbonyl (C=O) groups excluding carboxylic acids is 3. The standard InChI is InChI=1S/C22H25N5O3S/c1-31-19(14-16-6-3-2-4-7-16)22(30)27(15-28)13-5-8-20(29)25-18-11-9-17(10-12-18)21(23)26-24/h2-4,6-7,9-12,14-15H,5,8,13,24H2,1H3,(H2,23,26)(H,25,29)/b19-14-. The van der Waals surface area contributed by atoms with E-state index in [1.54, 1.807) is 36.6 Å². The molecule has 2 rings (SSSR count). The van der Waals surface area contributed by atoms with Crippen molar-refractivity contribution in [3.8, 4) is 0 Å². The Morgan fingerprint density at radius 1 is 1.13 bits per heavy atom. The van der Waals surface area contributed by atoms with Crippen molar-refractivity contribution in [1.82, 2.24) is 4.90 Å². The first-order valence-corrected chi connectivity index (χ1v) is 10.7. The molecule has 0 heterocycles. The zero-order chi connectivity index (χ0) is 22.6. The summed E-state index contributed by atoms with van der Waals surface area (Å²) in [7, 11) is 0. The third kappa shape index (κ3) is 7.31. The van der Waals surface area contributed by atoms with Crippen molar-refractivity contribution in [1.29, 1.82) is 0 Å². The summed E-state index contributed by atoms with van der Waals surface area (Å²) in [5.74, 6) is 4.72. The fourth-order valence-corrected chi connectivity index (χ4v) is 3.23. The summed E-state index contributed by atoms with van der Waals surface area (Å²) in [4.78, 5) is 37.8. The number of anilines is 1. The Morgan fingerprint density at radius 3 is 2.39 bits per heavy atom. The second-order valence-corrected chi connectivity index (χ2v) is 7.32. The van der Waals surface area contributed by atoms with E-state index in [-0.39, 0.29) is 30.6 Å². The zero-order valence-electron chi connectivity index (χ0n) is 17.2. The molecule has 0 saturated carbocycles. The van der Waals surface area contributed by atoms with Crippen molar-refractivity contribution in [3.05, 3.63) is 70.6 Å². The molecule has 0 saturated heterocycles. The first-order valence-electron chi connectivity index (χ1n) is 9.49. The SMILES string of the molecule is CS/C(=C\c1ccccc1)C(=O)N(C=O)CCCC(=O)Nc1ccc(/C(N)=N/N)cc1. The Labute approximate surface area is 185 Å². The van der Waals surface area contributed by atoms with E-state index in [1.165, 1.54) is 11.8 Å². The Kier molecular flexibility index (Phi) is 9.31. The predicted octanol–water partition coefficient (Wildman–Crippen LogP) is 2.37. The van der Waals surface area contributed by atoms with E-state index in [1.807, 2.05) is 30.3 Å². The van der Waals surface area contributed by atoms with Gasteiger partial charge >= 0.3 is 0 Å². The van der Waals surface area contributed by atoms with E-state index in [9.17, 15) is 14.4 Å². The molecule has 0 spiro atoms.